The van der Waals surface area contributed by atoms with Crippen LogP contribution in [-0.2, 0) is 15.4 Å². The maximum Gasteiger partial charge on any atom is 0.172 e. The third-order valence-electron chi connectivity index (χ3n) is 11.2. The van der Waals surface area contributed by atoms with Crippen molar-refractivity contribution in [1.82, 2.24) is 4.98 Å². The van der Waals surface area contributed by atoms with Crippen molar-refractivity contribution >= 4 is 57.2 Å². The molecule has 0 fully saturated rings. The molecule has 7 aromatic rings. The normalized spacial score (nSPS) is 16.2. The molecule has 1 atom stereocenters. The fourth-order valence-electron chi connectivity index (χ4n) is 8.54. The van der Waals surface area contributed by atoms with E-state index in [9.17, 15) is 0 Å². The summed E-state index contributed by atoms with van der Waals surface area (Å²) in [4.78, 5) is 9.22. The predicted octanol–water partition coefficient (Wildman–Crippen LogP) is 10.9. The molecule has 1 unspecified atom stereocenters. The van der Waals surface area contributed by atoms with Crippen LogP contribution in [0.3, 0.4) is 0 Å². The van der Waals surface area contributed by atoms with Crippen LogP contribution in [0.4, 0.5) is 34.1 Å². The highest BCUT2D eigenvalue weighted by atomic mass is 31.2. The maximum absolute atomic E-state index is 16.2. The smallest absolute Gasteiger partial charge is 0.172 e. The van der Waals surface area contributed by atoms with Crippen molar-refractivity contribution in [3.05, 3.63) is 192 Å². The molecule has 0 bridgehead atoms. The molecule has 6 aromatic carbocycles. The number of rotatable bonds is 5. The molecule has 2 aliphatic rings. The summed E-state index contributed by atoms with van der Waals surface area (Å²) < 4.78 is 16.2. The first-order valence-corrected chi connectivity index (χ1v) is 19.6. The minimum absolute atomic E-state index is 0.213. The highest BCUT2D eigenvalue weighted by Crippen LogP contribution is 2.56. The summed E-state index contributed by atoms with van der Waals surface area (Å²) in [6.45, 7) is 9.22. The van der Waals surface area contributed by atoms with Gasteiger partial charge in [0.15, 0.2) is 7.14 Å². The topological polar surface area (TPSA) is 36.4 Å². The van der Waals surface area contributed by atoms with Gasteiger partial charge in [-0.15, -0.1) is 0 Å². The molecule has 3 heterocycles. The van der Waals surface area contributed by atoms with E-state index in [1.807, 2.05) is 42.5 Å². The van der Waals surface area contributed by atoms with E-state index in [1.165, 1.54) is 22.3 Å². The highest BCUT2D eigenvalue weighted by molar-refractivity contribution is 7.85. The fourth-order valence-corrected chi connectivity index (χ4v) is 11.2. The lowest BCUT2D eigenvalue weighted by atomic mass is 9.73. The van der Waals surface area contributed by atoms with Crippen LogP contribution in [0.15, 0.2) is 170 Å². The maximum atomic E-state index is 16.2. The van der Waals surface area contributed by atoms with E-state index in [2.05, 4.69) is 158 Å². The first-order valence-electron chi connectivity index (χ1n) is 17.9. The zero-order valence-electron chi connectivity index (χ0n) is 29.9. The Bertz CT molecular complexity index is 2260. The van der Waals surface area contributed by atoms with Crippen molar-refractivity contribution in [3.8, 4) is 0 Å². The number of para-hydroxylation sites is 4. The largest absolute Gasteiger partial charge is 0.310 e. The number of aromatic nitrogens is 1. The SMILES string of the molecule is CC1(C)c2ccccc2N(c2cc(N3c4ccccc4C(C)(C)c4ccccc43)cc(P(=O)(c3ccccc3)c3cccnc3)c2)c2ccccc21. The van der Waals surface area contributed by atoms with Crippen LogP contribution in [0, 0.1) is 0 Å². The van der Waals surface area contributed by atoms with E-state index in [-0.39, 0.29) is 10.8 Å². The van der Waals surface area contributed by atoms with Gasteiger partial charge in [-0.1, -0.05) is 131 Å². The van der Waals surface area contributed by atoms with E-state index in [0.717, 1.165) is 44.7 Å². The second-order valence-corrected chi connectivity index (χ2v) is 17.6. The molecule has 4 nitrogen and oxygen atoms in total. The Morgan fingerprint density at radius 2 is 0.827 bits per heavy atom. The lowest BCUT2D eigenvalue weighted by Crippen LogP contribution is -2.33. The molecule has 2 aliphatic heterocycles. The average molecular weight is 694 g/mol. The van der Waals surface area contributed by atoms with Gasteiger partial charge in [0.1, 0.15) is 0 Å². The minimum Gasteiger partial charge on any atom is -0.310 e. The molecule has 0 radical (unpaired) electrons. The number of fused-ring (bicyclic) bond motifs is 4. The van der Waals surface area contributed by atoms with Crippen molar-refractivity contribution in [1.29, 1.82) is 0 Å². The molecule has 0 spiro atoms. The molecule has 0 aliphatic carbocycles. The Morgan fingerprint density at radius 1 is 0.442 bits per heavy atom. The van der Waals surface area contributed by atoms with Crippen LogP contribution in [-0.4, -0.2) is 4.98 Å². The van der Waals surface area contributed by atoms with Crippen LogP contribution in [0.25, 0.3) is 0 Å². The van der Waals surface area contributed by atoms with Gasteiger partial charge in [0.25, 0.3) is 0 Å². The lowest BCUT2D eigenvalue weighted by molar-refractivity contribution is 0.592. The Hall–Kier alpha value is -5.70. The molecular weight excluding hydrogens is 654 g/mol. The Kier molecular flexibility index (Phi) is 7.40. The van der Waals surface area contributed by atoms with Gasteiger partial charge in [-0.3, -0.25) is 4.98 Å². The Morgan fingerprint density at radius 3 is 1.23 bits per heavy atom. The van der Waals surface area contributed by atoms with Crippen LogP contribution >= 0.6 is 7.14 Å². The van der Waals surface area contributed by atoms with E-state index in [1.54, 1.807) is 12.4 Å². The number of hydrogen-bond acceptors (Lipinski definition) is 4. The standard InChI is InChI=1S/C47H40N3OP/c1-46(2)38-20-8-12-24-42(38)49(43-25-13-9-21-39(43)46)33-29-34(50-44-26-14-10-22-40(44)47(3,4)41-23-11-15-27-45(41)50)31-37(30-33)52(51,35-17-6-5-7-18-35)36-19-16-28-48-32-36/h5-32H,1-4H3. The van der Waals surface area contributed by atoms with Crippen LogP contribution in [0.2, 0.25) is 0 Å². The van der Waals surface area contributed by atoms with Gasteiger partial charge in [0.05, 0.1) is 22.7 Å². The van der Waals surface area contributed by atoms with Crippen LogP contribution in [0.1, 0.15) is 49.9 Å². The second kappa shape index (κ2) is 11.9. The third kappa shape index (κ3) is 4.75. The first kappa shape index (κ1) is 32.2. The molecule has 52 heavy (non-hydrogen) atoms. The molecule has 0 N–H and O–H groups in total. The summed E-state index contributed by atoms with van der Waals surface area (Å²) >= 11 is 0. The zero-order chi connectivity index (χ0) is 35.7. The van der Waals surface area contributed by atoms with Gasteiger partial charge >= 0.3 is 0 Å². The summed E-state index contributed by atoms with van der Waals surface area (Å²) in [6.07, 6.45) is 3.51. The van der Waals surface area contributed by atoms with Gasteiger partial charge in [0, 0.05) is 50.5 Å². The number of anilines is 6. The summed E-state index contributed by atoms with van der Waals surface area (Å²) in [5.41, 5.74) is 10.9. The quantitative estimate of drug-likeness (QED) is 0.168. The van der Waals surface area contributed by atoms with Crippen molar-refractivity contribution in [2.75, 3.05) is 9.80 Å². The highest BCUT2D eigenvalue weighted by Gasteiger charge is 2.40. The van der Waals surface area contributed by atoms with Crippen LogP contribution < -0.4 is 25.7 Å². The van der Waals surface area contributed by atoms with Crippen molar-refractivity contribution in [3.63, 3.8) is 0 Å². The van der Waals surface area contributed by atoms with E-state index < -0.39 is 7.14 Å². The molecule has 1 aromatic heterocycles. The summed E-state index contributed by atoms with van der Waals surface area (Å²) in [5, 5.41) is 2.22. The molecule has 0 saturated carbocycles. The van der Waals surface area contributed by atoms with Gasteiger partial charge in [-0.25, -0.2) is 0 Å². The van der Waals surface area contributed by atoms with Gasteiger partial charge in [0.2, 0.25) is 0 Å². The monoisotopic (exact) mass is 693 g/mol. The van der Waals surface area contributed by atoms with Crippen molar-refractivity contribution in [2.45, 2.75) is 38.5 Å². The van der Waals surface area contributed by atoms with E-state index >= 15 is 4.57 Å². The molecular formula is C47H40N3OP. The number of hydrogen-bond donors (Lipinski definition) is 0. The zero-order valence-corrected chi connectivity index (χ0v) is 30.8. The second-order valence-electron chi connectivity index (χ2n) is 14.9. The molecule has 9 rings (SSSR count). The van der Waals surface area contributed by atoms with Gasteiger partial charge < -0.3 is 14.4 Å². The van der Waals surface area contributed by atoms with Gasteiger partial charge in [-0.2, -0.15) is 0 Å². The van der Waals surface area contributed by atoms with E-state index in [4.69, 9.17) is 0 Å². The molecule has 0 saturated heterocycles. The average Bonchev–Trinajstić information content (AvgIpc) is 3.18. The third-order valence-corrected chi connectivity index (χ3v) is 14.2. The Labute approximate surface area is 306 Å². The minimum atomic E-state index is -3.44. The predicted molar refractivity (Wildman–Crippen MR) is 217 cm³/mol. The summed E-state index contributed by atoms with van der Waals surface area (Å²) in [6, 6.07) is 55.1. The fraction of sp³-hybridized carbons (Fsp3) is 0.128. The van der Waals surface area contributed by atoms with Crippen molar-refractivity contribution in [2.24, 2.45) is 0 Å². The number of benzene rings is 6. The summed E-state index contributed by atoms with van der Waals surface area (Å²) in [5.74, 6) is 0. The first-order chi connectivity index (χ1) is 25.2. The lowest BCUT2D eigenvalue weighted by Gasteiger charge is -2.44. The van der Waals surface area contributed by atoms with Crippen molar-refractivity contribution < 1.29 is 4.57 Å². The number of nitrogens with zero attached hydrogens (tertiary/aromatic N) is 3. The van der Waals surface area contributed by atoms with Crippen LogP contribution in [0.5, 0.6) is 0 Å². The van der Waals surface area contributed by atoms with E-state index in [0.29, 0.717) is 5.30 Å². The number of pyridine rings is 1. The Balaban J connectivity index is 1.39. The van der Waals surface area contributed by atoms with Gasteiger partial charge in [-0.05, 0) is 76.9 Å². The molecule has 5 heteroatoms. The molecule has 0 amide bonds. The summed E-state index contributed by atoms with van der Waals surface area (Å²) in [7, 11) is -3.44. The molecule has 254 valence electrons.